The summed E-state index contributed by atoms with van der Waals surface area (Å²) in [5, 5.41) is 0.198. The Morgan fingerprint density at radius 1 is 0.943 bits per heavy atom. The number of para-hydroxylation sites is 1. The van der Waals surface area contributed by atoms with Gasteiger partial charge in [-0.1, -0.05) is 23.7 Å². The molecule has 0 spiro atoms. The molecule has 2 N–H and O–H groups in total. The first-order chi connectivity index (χ1) is 16.5. The van der Waals surface area contributed by atoms with E-state index in [4.69, 9.17) is 22.1 Å². The molecule has 35 heavy (non-hydrogen) atoms. The second-order valence-electron chi connectivity index (χ2n) is 7.62. The van der Waals surface area contributed by atoms with Crippen LogP contribution in [0.4, 0.5) is 11.5 Å². The number of esters is 1. The number of benzene rings is 2. The van der Waals surface area contributed by atoms with Crippen LogP contribution in [0.1, 0.15) is 41.4 Å². The molecule has 0 fully saturated rings. The Balaban J connectivity index is 1.56. The molecule has 11 nitrogen and oxygen atoms in total. The van der Waals surface area contributed by atoms with E-state index in [1.807, 2.05) is 0 Å². The predicted molar refractivity (Wildman–Crippen MR) is 125 cm³/mol. The molecule has 0 saturated carbocycles. The number of hydrogen-bond acceptors (Lipinski definition) is 8. The fourth-order valence-corrected chi connectivity index (χ4v) is 3.85. The van der Waals surface area contributed by atoms with Crippen LogP contribution >= 0.6 is 11.6 Å². The van der Waals surface area contributed by atoms with Gasteiger partial charge in [-0.15, -0.1) is 0 Å². The lowest BCUT2D eigenvalue weighted by molar-refractivity contribution is 0.0474. The number of hydrogen-bond donors (Lipinski definition) is 1. The first-order valence-corrected chi connectivity index (χ1v) is 10.5. The second-order valence-corrected chi connectivity index (χ2v) is 8.03. The molecule has 0 aliphatic carbocycles. The van der Waals surface area contributed by atoms with Crippen molar-refractivity contribution in [1.29, 1.82) is 0 Å². The number of ketones is 1. The van der Waals surface area contributed by atoms with Crippen LogP contribution in [0.2, 0.25) is 5.02 Å². The van der Waals surface area contributed by atoms with Gasteiger partial charge in [0.1, 0.15) is 11.4 Å². The zero-order valence-corrected chi connectivity index (χ0v) is 19.2. The van der Waals surface area contributed by atoms with Crippen molar-refractivity contribution in [2.75, 3.05) is 17.2 Å². The summed E-state index contributed by atoms with van der Waals surface area (Å²) in [5.41, 5.74) is 3.74. The molecule has 4 rings (SSSR count). The van der Waals surface area contributed by atoms with Gasteiger partial charge >= 0.3 is 11.7 Å². The van der Waals surface area contributed by atoms with Gasteiger partial charge < -0.3 is 10.5 Å². The van der Waals surface area contributed by atoms with Crippen LogP contribution in [-0.4, -0.2) is 39.3 Å². The Labute approximate surface area is 201 Å². The highest BCUT2D eigenvalue weighted by Gasteiger charge is 2.38. The Morgan fingerprint density at radius 2 is 1.60 bits per heavy atom. The average molecular weight is 497 g/mol. The quantitative estimate of drug-likeness (QED) is 0.314. The molecular formula is C23H17ClN4O7. The molecule has 1 aromatic heterocycles. The minimum absolute atomic E-state index is 0.0353. The van der Waals surface area contributed by atoms with Crippen LogP contribution in [0.25, 0.3) is 0 Å². The molecule has 0 atom stereocenters. The Morgan fingerprint density at radius 3 is 2.29 bits per heavy atom. The number of ether oxygens (including phenoxy) is 1. The van der Waals surface area contributed by atoms with Gasteiger partial charge in [-0.25, -0.2) is 14.5 Å². The highest BCUT2D eigenvalue weighted by molar-refractivity contribution is 6.39. The van der Waals surface area contributed by atoms with E-state index in [0.29, 0.717) is 4.57 Å². The fraction of sp³-hybridized carbons (Fsp3) is 0.130. The smallest absolute Gasteiger partial charge is 0.338 e. The number of rotatable bonds is 5. The standard InChI is InChI=1S/C23H17ClN4O7/c1-26-18(25)17(21(32)27(2)23(26)34)16(29)10-35-22(33)11-7-8-12-13(9-11)20(31)28(19(12)30)15-6-4-3-5-14(15)24/h3-9H,10,25H2,1-2H3. The van der Waals surface area contributed by atoms with Gasteiger partial charge in [-0.2, -0.15) is 0 Å². The van der Waals surface area contributed by atoms with E-state index in [9.17, 15) is 28.8 Å². The number of nitrogens with two attached hydrogens (primary N) is 1. The lowest BCUT2D eigenvalue weighted by Crippen LogP contribution is -2.42. The molecule has 1 aliphatic heterocycles. The van der Waals surface area contributed by atoms with E-state index in [1.54, 1.807) is 12.1 Å². The molecule has 3 aromatic rings. The molecule has 0 bridgehead atoms. The van der Waals surface area contributed by atoms with Gasteiger partial charge in [0.25, 0.3) is 17.4 Å². The Hall–Kier alpha value is -4.51. The molecule has 0 unspecified atom stereocenters. The van der Waals surface area contributed by atoms with Crippen LogP contribution in [0.5, 0.6) is 0 Å². The van der Waals surface area contributed by atoms with E-state index in [1.165, 1.54) is 44.4 Å². The molecule has 2 aromatic carbocycles. The van der Waals surface area contributed by atoms with Gasteiger partial charge in [0, 0.05) is 14.1 Å². The maximum absolute atomic E-state index is 12.9. The number of nitrogen functional groups attached to an aromatic ring is 1. The zero-order chi connectivity index (χ0) is 25.6. The average Bonchev–Trinajstić information content (AvgIpc) is 3.09. The lowest BCUT2D eigenvalue weighted by Gasteiger charge is -2.15. The number of anilines is 2. The Kier molecular flexibility index (Phi) is 5.87. The minimum atomic E-state index is -0.974. The van der Waals surface area contributed by atoms with Crippen molar-refractivity contribution in [3.8, 4) is 0 Å². The molecular weight excluding hydrogens is 480 g/mol. The molecule has 12 heteroatoms. The summed E-state index contributed by atoms with van der Waals surface area (Å²) in [6, 6.07) is 10.1. The second kappa shape index (κ2) is 8.69. The number of carbonyl (C=O) groups is 4. The van der Waals surface area contributed by atoms with Gasteiger partial charge in [0.15, 0.2) is 6.61 Å². The third-order valence-electron chi connectivity index (χ3n) is 5.54. The monoisotopic (exact) mass is 496 g/mol. The zero-order valence-electron chi connectivity index (χ0n) is 18.4. The van der Waals surface area contributed by atoms with E-state index in [2.05, 4.69) is 0 Å². The molecule has 1 aliphatic rings. The predicted octanol–water partition coefficient (Wildman–Crippen LogP) is 1.16. The SMILES string of the molecule is Cn1c(N)c(C(=O)COC(=O)c2ccc3c(c2)C(=O)N(c2ccccc2Cl)C3=O)c(=O)n(C)c1=O. The third-order valence-corrected chi connectivity index (χ3v) is 5.86. The van der Waals surface area contributed by atoms with E-state index < -0.39 is 47.0 Å². The summed E-state index contributed by atoms with van der Waals surface area (Å²) < 4.78 is 6.63. The van der Waals surface area contributed by atoms with Crippen molar-refractivity contribution >= 4 is 46.7 Å². The number of aromatic nitrogens is 2. The van der Waals surface area contributed by atoms with Crippen LogP contribution in [0, 0.1) is 0 Å². The third kappa shape index (κ3) is 3.81. The topological polar surface area (TPSA) is 151 Å². The molecule has 178 valence electrons. The molecule has 0 radical (unpaired) electrons. The first-order valence-electron chi connectivity index (χ1n) is 10.1. The highest BCUT2D eigenvalue weighted by atomic mass is 35.5. The van der Waals surface area contributed by atoms with Crippen LogP contribution in [0.15, 0.2) is 52.1 Å². The fourth-order valence-electron chi connectivity index (χ4n) is 3.63. The van der Waals surface area contributed by atoms with E-state index in [-0.39, 0.29) is 33.2 Å². The first kappa shape index (κ1) is 23.6. The number of amides is 2. The van der Waals surface area contributed by atoms with Crippen molar-refractivity contribution in [3.63, 3.8) is 0 Å². The van der Waals surface area contributed by atoms with E-state index >= 15 is 0 Å². The summed E-state index contributed by atoms with van der Waals surface area (Å²) in [7, 11) is 2.47. The lowest BCUT2D eigenvalue weighted by atomic mass is 10.1. The van der Waals surface area contributed by atoms with Gasteiger partial charge in [-0.05, 0) is 30.3 Å². The van der Waals surface area contributed by atoms with E-state index in [0.717, 1.165) is 9.47 Å². The summed E-state index contributed by atoms with van der Waals surface area (Å²) in [5.74, 6) is -3.53. The number of nitrogens with zero attached hydrogens (tertiary/aromatic N) is 3. The van der Waals surface area contributed by atoms with Gasteiger partial charge in [-0.3, -0.25) is 28.3 Å². The van der Waals surface area contributed by atoms with Crippen LogP contribution in [0.3, 0.4) is 0 Å². The highest BCUT2D eigenvalue weighted by Crippen LogP contribution is 2.33. The van der Waals surface area contributed by atoms with Crippen LogP contribution in [-0.2, 0) is 18.8 Å². The van der Waals surface area contributed by atoms with Gasteiger partial charge in [0.2, 0.25) is 5.78 Å². The summed E-state index contributed by atoms with van der Waals surface area (Å²) in [6.45, 7) is -0.841. The van der Waals surface area contributed by atoms with Crippen molar-refractivity contribution in [3.05, 3.63) is 90.6 Å². The largest absolute Gasteiger partial charge is 0.454 e. The maximum atomic E-state index is 12.9. The van der Waals surface area contributed by atoms with Crippen molar-refractivity contribution in [1.82, 2.24) is 9.13 Å². The summed E-state index contributed by atoms with van der Waals surface area (Å²) >= 11 is 6.13. The summed E-state index contributed by atoms with van der Waals surface area (Å²) in [6.07, 6.45) is 0. The number of carbonyl (C=O) groups excluding carboxylic acids is 4. The minimum Gasteiger partial charge on any atom is -0.454 e. The molecule has 0 saturated heterocycles. The van der Waals surface area contributed by atoms with Crippen molar-refractivity contribution in [2.45, 2.75) is 0 Å². The number of Topliss-reactive ketones (excluding diaryl/α,β-unsaturated/α-hetero) is 1. The van der Waals surface area contributed by atoms with Gasteiger partial charge in [0.05, 0.1) is 27.4 Å². The number of imide groups is 1. The number of fused-ring (bicyclic) bond motifs is 1. The van der Waals surface area contributed by atoms with Crippen LogP contribution < -0.4 is 21.9 Å². The number of halogens is 1. The molecule has 2 amide bonds. The summed E-state index contributed by atoms with van der Waals surface area (Å²) in [4.78, 5) is 75.9. The normalized spacial score (nSPS) is 12.6. The van der Waals surface area contributed by atoms with Crippen molar-refractivity contribution in [2.24, 2.45) is 14.1 Å². The molecule has 2 heterocycles. The Bertz CT molecular complexity index is 1570. The van der Waals surface area contributed by atoms with Crippen molar-refractivity contribution < 1.29 is 23.9 Å². The maximum Gasteiger partial charge on any atom is 0.338 e.